The Hall–Kier alpha value is -6.53. The highest BCUT2D eigenvalue weighted by atomic mass is 15.1. The fourth-order valence-corrected chi connectivity index (χ4v) is 7.83. The summed E-state index contributed by atoms with van der Waals surface area (Å²) in [5, 5.41) is 8.22. The van der Waals surface area contributed by atoms with Gasteiger partial charge < -0.3 is 9.13 Å². The van der Waals surface area contributed by atoms with Gasteiger partial charge in [0.1, 0.15) is 5.65 Å². The number of para-hydroxylation sites is 3. The summed E-state index contributed by atoms with van der Waals surface area (Å²) in [4.78, 5) is 14.1. The van der Waals surface area contributed by atoms with Gasteiger partial charge in [0.25, 0.3) is 0 Å². The summed E-state index contributed by atoms with van der Waals surface area (Å²) in [6.07, 6.45) is 7.52. The lowest BCUT2D eigenvalue weighted by Gasteiger charge is -2.13. The number of pyridine rings is 3. The Kier molecular flexibility index (Phi) is 4.75. The van der Waals surface area contributed by atoms with Crippen LogP contribution in [0.5, 0.6) is 0 Å². The van der Waals surface area contributed by atoms with Gasteiger partial charge in [-0.1, -0.05) is 66.7 Å². The third-order valence-corrected chi connectivity index (χ3v) is 9.76. The van der Waals surface area contributed by atoms with Crippen LogP contribution in [0.3, 0.4) is 0 Å². The average Bonchev–Trinajstić information content (AvgIpc) is 3.80. The van der Waals surface area contributed by atoms with Crippen LogP contribution in [0.1, 0.15) is 0 Å². The smallest absolute Gasteiger partial charge is 0.146 e. The lowest BCUT2D eigenvalue weighted by atomic mass is 10.0. The van der Waals surface area contributed by atoms with E-state index in [1.165, 1.54) is 38.1 Å². The van der Waals surface area contributed by atoms with E-state index in [1.54, 1.807) is 6.20 Å². The first kappa shape index (κ1) is 24.8. The highest BCUT2D eigenvalue weighted by Crippen LogP contribution is 2.44. The van der Waals surface area contributed by atoms with Crippen LogP contribution in [-0.2, 0) is 0 Å². The molecule has 5 aromatic carbocycles. The van der Waals surface area contributed by atoms with E-state index >= 15 is 0 Å². The summed E-state index contributed by atoms with van der Waals surface area (Å²) in [5.41, 5.74) is 10.8. The van der Waals surface area contributed by atoms with Crippen LogP contribution in [0.25, 0.3) is 93.3 Å². The van der Waals surface area contributed by atoms with E-state index in [4.69, 9.17) is 4.98 Å². The number of fused-ring (bicyclic) bond motifs is 15. The molecule has 6 heteroatoms. The first-order valence-corrected chi connectivity index (χ1v) is 15.8. The Morgan fingerprint density at radius 2 is 1.02 bits per heavy atom. The van der Waals surface area contributed by atoms with E-state index in [-0.39, 0.29) is 0 Å². The second kappa shape index (κ2) is 9.02. The summed E-state index contributed by atoms with van der Waals surface area (Å²) in [6, 6.07) is 43.6. The van der Waals surface area contributed by atoms with E-state index < -0.39 is 0 Å². The van der Waals surface area contributed by atoms with Gasteiger partial charge in [0.2, 0.25) is 0 Å². The molecule has 0 unspecified atom stereocenters. The molecule has 0 aliphatic heterocycles. The molecule has 0 amide bonds. The van der Waals surface area contributed by atoms with Gasteiger partial charge in [-0.3, -0.25) is 14.4 Å². The summed E-state index contributed by atoms with van der Waals surface area (Å²) >= 11 is 0. The van der Waals surface area contributed by atoms with Crippen LogP contribution in [0.2, 0.25) is 0 Å². The van der Waals surface area contributed by atoms with Crippen LogP contribution in [0.4, 0.5) is 0 Å². The molecular weight excluding hydrogens is 576 g/mol. The molecule has 0 radical (unpaired) electrons. The molecule has 0 aliphatic rings. The number of imidazole rings is 1. The van der Waals surface area contributed by atoms with Crippen molar-refractivity contribution in [3.8, 4) is 11.4 Å². The van der Waals surface area contributed by atoms with E-state index in [0.29, 0.717) is 0 Å². The monoisotopic (exact) mass is 600 g/mol. The predicted molar refractivity (Wildman–Crippen MR) is 192 cm³/mol. The van der Waals surface area contributed by atoms with Crippen molar-refractivity contribution in [1.29, 1.82) is 0 Å². The fraction of sp³-hybridized carbons (Fsp3) is 0. The van der Waals surface area contributed by atoms with Crippen LogP contribution >= 0.6 is 0 Å². The molecule has 6 nitrogen and oxygen atoms in total. The van der Waals surface area contributed by atoms with Gasteiger partial charge in [-0.2, -0.15) is 0 Å². The molecule has 0 saturated carbocycles. The molecule has 6 heterocycles. The summed E-state index contributed by atoms with van der Waals surface area (Å²) < 4.78 is 7.09. The van der Waals surface area contributed by atoms with Gasteiger partial charge in [-0.15, -0.1) is 0 Å². The van der Waals surface area contributed by atoms with Crippen LogP contribution < -0.4 is 0 Å². The third-order valence-electron chi connectivity index (χ3n) is 9.76. The molecule has 11 aromatic rings. The van der Waals surface area contributed by atoms with Crippen molar-refractivity contribution in [2.45, 2.75) is 0 Å². The van der Waals surface area contributed by atoms with Crippen molar-refractivity contribution < 1.29 is 0 Å². The first-order valence-electron chi connectivity index (χ1n) is 15.8. The van der Waals surface area contributed by atoms with Crippen molar-refractivity contribution in [3.05, 3.63) is 146 Å². The van der Waals surface area contributed by atoms with Gasteiger partial charge >= 0.3 is 0 Å². The van der Waals surface area contributed by atoms with Crippen molar-refractivity contribution >= 4 is 82.0 Å². The number of hydrogen-bond donors (Lipinski definition) is 0. The molecule has 11 rings (SSSR count). The maximum atomic E-state index is 5.16. The Labute approximate surface area is 267 Å². The lowest BCUT2D eigenvalue weighted by molar-refractivity contribution is 1.15. The summed E-state index contributed by atoms with van der Waals surface area (Å²) in [5.74, 6) is 0. The molecule has 47 heavy (non-hydrogen) atoms. The molecule has 0 atom stereocenters. The lowest BCUT2D eigenvalue weighted by Crippen LogP contribution is -1.98. The van der Waals surface area contributed by atoms with Gasteiger partial charge in [-0.25, -0.2) is 4.98 Å². The molecule has 6 aromatic heterocycles. The first-order chi connectivity index (χ1) is 23.3. The van der Waals surface area contributed by atoms with E-state index in [1.807, 2.05) is 24.7 Å². The van der Waals surface area contributed by atoms with Crippen LogP contribution in [0.15, 0.2) is 146 Å². The minimum absolute atomic E-state index is 0.908. The van der Waals surface area contributed by atoms with Gasteiger partial charge in [-0.05, 0) is 60.0 Å². The molecule has 0 bridgehead atoms. The topological polar surface area (TPSA) is 52.9 Å². The summed E-state index contributed by atoms with van der Waals surface area (Å²) in [7, 11) is 0. The number of aromatic nitrogens is 6. The van der Waals surface area contributed by atoms with Crippen molar-refractivity contribution in [2.24, 2.45) is 0 Å². The standard InChI is InChI=1S/C41H24N6/c1-3-9-25(10-4-1)45-35-14-8-7-13-27(35)29-15-16-30-32-21-33-31(22-36(32)46(40(30)39(29)45)26-11-5-2-6-12-26)28-17-19-42-23-37(28)47-38-24-43-20-18-34(38)44-41(33)47/h1-24H. The third kappa shape index (κ3) is 3.21. The zero-order valence-corrected chi connectivity index (χ0v) is 25.0. The zero-order chi connectivity index (χ0) is 30.6. The Morgan fingerprint density at radius 1 is 0.404 bits per heavy atom. The predicted octanol–water partition coefficient (Wildman–Crippen LogP) is 9.78. The normalized spacial score (nSPS) is 12.3. The van der Waals surface area contributed by atoms with Crippen molar-refractivity contribution in [2.75, 3.05) is 0 Å². The second-order valence-electron chi connectivity index (χ2n) is 12.2. The van der Waals surface area contributed by atoms with Crippen molar-refractivity contribution in [3.63, 3.8) is 0 Å². The maximum Gasteiger partial charge on any atom is 0.146 e. The molecule has 0 spiro atoms. The Bertz CT molecular complexity index is 3060. The number of hydrogen-bond acceptors (Lipinski definition) is 3. The second-order valence-corrected chi connectivity index (χ2v) is 12.2. The SMILES string of the molecule is c1ccc(-n2c3ccccc3c3ccc4c5cc6c(cc5n(-c5ccccc5)c4c32)c2ccncc2n2c3cnccc3nc62)cc1. The van der Waals surface area contributed by atoms with Crippen LogP contribution in [0, 0.1) is 0 Å². The van der Waals surface area contributed by atoms with Gasteiger partial charge in [0, 0.05) is 56.1 Å². The molecule has 0 aliphatic carbocycles. The quantitative estimate of drug-likeness (QED) is 0.186. The zero-order valence-electron chi connectivity index (χ0n) is 25.0. The highest BCUT2D eigenvalue weighted by molar-refractivity contribution is 6.27. The average molecular weight is 601 g/mol. The van der Waals surface area contributed by atoms with E-state index in [0.717, 1.165) is 55.2 Å². The van der Waals surface area contributed by atoms with Crippen LogP contribution in [-0.4, -0.2) is 28.5 Å². The molecular formula is C41H24N6. The van der Waals surface area contributed by atoms with Gasteiger partial charge in [0.05, 0.1) is 51.0 Å². The minimum Gasteiger partial charge on any atom is -0.307 e. The maximum absolute atomic E-state index is 5.16. The Balaban J connectivity index is 1.42. The number of benzene rings is 5. The Morgan fingerprint density at radius 3 is 1.79 bits per heavy atom. The minimum atomic E-state index is 0.908. The van der Waals surface area contributed by atoms with E-state index in [9.17, 15) is 0 Å². The van der Waals surface area contributed by atoms with E-state index in [2.05, 4.69) is 139 Å². The molecule has 0 N–H and O–H groups in total. The molecule has 0 saturated heterocycles. The number of nitrogens with zero attached hydrogens (tertiary/aromatic N) is 6. The largest absolute Gasteiger partial charge is 0.307 e. The highest BCUT2D eigenvalue weighted by Gasteiger charge is 2.23. The molecule has 218 valence electrons. The number of rotatable bonds is 2. The van der Waals surface area contributed by atoms with Crippen molar-refractivity contribution in [1.82, 2.24) is 28.5 Å². The summed E-state index contributed by atoms with van der Waals surface area (Å²) in [6.45, 7) is 0. The fourth-order valence-electron chi connectivity index (χ4n) is 7.83. The molecule has 0 fully saturated rings. The van der Waals surface area contributed by atoms with Gasteiger partial charge in [0.15, 0.2) is 0 Å².